The number of rotatable bonds is 1. The molecule has 0 spiro atoms. The van der Waals surface area contributed by atoms with Gasteiger partial charge in [0.2, 0.25) is 0 Å². The van der Waals surface area contributed by atoms with E-state index in [1.807, 2.05) is 7.05 Å². The third-order valence-electron chi connectivity index (χ3n) is 1.88. The van der Waals surface area contributed by atoms with Crippen LogP contribution in [0.25, 0.3) is 0 Å². The Bertz CT molecular complexity index is 72.9. The summed E-state index contributed by atoms with van der Waals surface area (Å²) in [6.45, 7) is 0. The zero-order chi connectivity index (χ0) is 5.98. The molecule has 0 unspecified atom stereocenters. The van der Waals surface area contributed by atoms with Crippen molar-refractivity contribution in [3.63, 3.8) is 0 Å². The molecule has 8 heavy (non-hydrogen) atoms. The van der Waals surface area contributed by atoms with Gasteiger partial charge in [-0.25, -0.2) is 0 Å². The number of hydrogen-bond donors (Lipinski definition) is 2. The lowest BCUT2D eigenvalue weighted by atomic mass is 10.2. The summed E-state index contributed by atoms with van der Waals surface area (Å²) < 4.78 is 0. The lowest BCUT2D eigenvalue weighted by Crippen LogP contribution is -2.24. The predicted molar refractivity (Wildman–Crippen MR) is 34.7 cm³/mol. The summed E-state index contributed by atoms with van der Waals surface area (Å²) in [5, 5.41) is 3.21. The second-order valence-corrected chi connectivity index (χ2v) is 2.56. The Hall–Kier alpha value is -0.0800. The Morgan fingerprint density at radius 2 is 2.25 bits per heavy atom. The maximum atomic E-state index is 5.66. The molecule has 0 radical (unpaired) electrons. The first-order valence-electron chi connectivity index (χ1n) is 3.26. The molecule has 0 aromatic heterocycles. The van der Waals surface area contributed by atoms with E-state index in [9.17, 15) is 0 Å². The molecule has 1 saturated carbocycles. The monoisotopic (exact) mass is 114 g/mol. The fourth-order valence-corrected chi connectivity index (χ4v) is 1.28. The van der Waals surface area contributed by atoms with E-state index >= 15 is 0 Å². The zero-order valence-electron chi connectivity index (χ0n) is 5.35. The fourth-order valence-electron chi connectivity index (χ4n) is 1.28. The standard InChI is InChI=1S/C6H14N2/c1-8-6-3-2-5(7)4-6/h5-6,8H,2-4,7H2,1H3/t5-,6-/m0/s1. The first-order valence-corrected chi connectivity index (χ1v) is 3.26. The van der Waals surface area contributed by atoms with E-state index in [1.54, 1.807) is 0 Å². The van der Waals surface area contributed by atoms with Crippen LogP contribution in [-0.2, 0) is 0 Å². The van der Waals surface area contributed by atoms with Crippen molar-refractivity contribution in [3.05, 3.63) is 0 Å². The largest absolute Gasteiger partial charge is 0.328 e. The van der Waals surface area contributed by atoms with E-state index in [0.717, 1.165) is 6.42 Å². The van der Waals surface area contributed by atoms with Crippen LogP contribution in [0.5, 0.6) is 0 Å². The molecule has 0 amide bonds. The van der Waals surface area contributed by atoms with Crippen LogP contribution in [0.3, 0.4) is 0 Å². The molecule has 0 aromatic rings. The first-order chi connectivity index (χ1) is 3.83. The highest BCUT2D eigenvalue weighted by Crippen LogP contribution is 2.15. The minimum Gasteiger partial charge on any atom is -0.328 e. The van der Waals surface area contributed by atoms with Gasteiger partial charge in [0.1, 0.15) is 0 Å². The molecule has 2 nitrogen and oxygen atoms in total. The Labute approximate surface area is 50.4 Å². The van der Waals surface area contributed by atoms with E-state index in [1.165, 1.54) is 12.8 Å². The third-order valence-corrected chi connectivity index (χ3v) is 1.88. The van der Waals surface area contributed by atoms with Crippen LogP contribution in [0.15, 0.2) is 0 Å². The molecule has 1 aliphatic rings. The van der Waals surface area contributed by atoms with Gasteiger partial charge in [-0.15, -0.1) is 0 Å². The highest BCUT2D eigenvalue weighted by molar-refractivity contribution is 4.81. The number of hydrogen-bond acceptors (Lipinski definition) is 2. The van der Waals surface area contributed by atoms with Gasteiger partial charge < -0.3 is 11.1 Å². The lowest BCUT2D eigenvalue weighted by Gasteiger charge is -2.04. The summed E-state index contributed by atoms with van der Waals surface area (Å²) in [6, 6.07) is 1.16. The van der Waals surface area contributed by atoms with Crippen molar-refractivity contribution in [1.29, 1.82) is 0 Å². The molecule has 1 rings (SSSR count). The third kappa shape index (κ3) is 1.20. The van der Waals surface area contributed by atoms with E-state index in [-0.39, 0.29) is 0 Å². The molecule has 1 fully saturated rings. The molecule has 0 heterocycles. The smallest absolute Gasteiger partial charge is 0.00793 e. The number of nitrogens with two attached hydrogens (primary N) is 1. The molecule has 0 saturated heterocycles. The molecule has 0 aromatic carbocycles. The summed E-state index contributed by atoms with van der Waals surface area (Å²) in [7, 11) is 2.00. The van der Waals surface area contributed by atoms with Gasteiger partial charge in [0.25, 0.3) is 0 Å². The van der Waals surface area contributed by atoms with Gasteiger partial charge in [-0.3, -0.25) is 0 Å². The molecule has 1 aliphatic carbocycles. The normalized spacial score (nSPS) is 38.2. The van der Waals surface area contributed by atoms with Gasteiger partial charge in [-0.05, 0) is 26.3 Å². The van der Waals surface area contributed by atoms with Crippen LogP contribution in [0.1, 0.15) is 19.3 Å². The second-order valence-electron chi connectivity index (χ2n) is 2.56. The number of nitrogens with one attached hydrogen (secondary N) is 1. The van der Waals surface area contributed by atoms with E-state index in [2.05, 4.69) is 5.32 Å². The van der Waals surface area contributed by atoms with Crippen LogP contribution in [0, 0.1) is 0 Å². The molecular formula is C6H14N2. The molecule has 48 valence electrons. The second kappa shape index (κ2) is 2.46. The van der Waals surface area contributed by atoms with Crippen LogP contribution < -0.4 is 11.1 Å². The van der Waals surface area contributed by atoms with Gasteiger partial charge in [-0.2, -0.15) is 0 Å². The fraction of sp³-hybridized carbons (Fsp3) is 1.00. The Morgan fingerprint density at radius 3 is 2.50 bits per heavy atom. The first kappa shape index (κ1) is 6.05. The van der Waals surface area contributed by atoms with Crippen LogP contribution in [0.2, 0.25) is 0 Å². The van der Waals surface area contributed by atoms with Gasteiger partial charge in [-0.1, -0.05) is 0 Å². The lowest BCUT2D eigenvalue weighted by molar-refractivity contribution is 0.570. The average molecular weight is 114 g/mol. The molecule has 0 aliphatic heterocycles. The van der Waals surface area contributed by atoms with Gasteiger partial charge >= 0.3 is 0 Å². The molecule has 2 heteroatoms. The van der Waals surface area contributed by atoms with E-state index in [4.69, 9.17) is 5.73 Å². The minimum absolute atomic E-state index is 0.465. The summed E-state index contributed by atoms with van der Waals surface area (Å²) >= 11 is 0. The highest BCUT2D eigenvalue weighted by atomic mass is 14.9. The minimum atomic E-state index is 0.465. The highest BCUT2D eigenvalue weighted by Gasteiger charge is 2.18. The maximum absolute atomic E-state index is 5.66. The van der Waals surface area contributed by atoms with Crippen LogP contribution in [-0.4, -0.2) is 19.1 Å². The Kier molecular flexibility index (Phi) is 1.86. The Morgan fingerprint density at radius 1 is 1.50 bits per heavy atom. The SMILES string of the molecule is CN[C@H]1CC[C@H](N)C1. The van der Waals surface area contributed by atoms with E-state index < -0.39 is 0 Å². The van der Waals surface area contributed by atoms with Crippen LogP contribution >= 0.6 is 0 Å². The van der Waals surface area contributed by atoms with Crippen molar-refractivity contribution in [2.75, 3.05) is 7.05 Å². The Balaban J connectivity index is 2.22. The van der Waals surface area contributed by atoms with E-state index in [0.29, 0.717) is 12.1 Å². The average Bonchev–Trinajstić information content (AvgIpc) is 2.14. The van der Waals surface area contributed by atoms with Crippen molar-refractivity contribution in [1.82, 2.24) is 5.32 Å². The summed E-state index contributed by atoms with van der Waals surface area (Å²) in [5.74, 6) is 0. The van der Waals surface area contributed by atoms with Crippen molar-refractivity contribution in [2.45, 2.75) is 31.3 Å². The topological polar surface area (TPSA) is 38.0 Å². The maximum Gasteiger partial charge on any atom is 0.00793 e. The van der Waals surface area contributed by atoms with Crippen LogP contribution in [0.4, 0.5) is 0 Å². The summed E-state index contributed by atoms with van der Waals surface area (Å²) in [5.41, 5.74) is 5.66. The van der Waals surface area contributed by atoms with Gasteiger partial charge in [0, 0.05) is 12.1 Å². The summed E-state index contributed by atoms with van der Waals surface area (Å²) in [4.78, 5) is 0. The molecule has 0 bridgehead atoms. The van der Waals surface area contributed by atoms with Crippen molar-refractivity contribution < 1.29 is 0 Å². The molecule has 3 N–H and O–H groups in total. The van der Waals surface area contributed by atoms with Crippen molar-refractivity contribution in [2.24, 2.45) is 5.73 Å². The van der Waals surface area contributed by atoms with Crippen molar-refractivity contribution in [3.8, 4) is 0 Å². The molecule has 2 atom stereocenters. The zero-order valence-corrected chi connectivity index (χ0v) is 5.35. The van der Waals surface area contributed by atoms with Gasteiger partial charge in [0.05, 0.1) is 0 Å². The quantitative estimate of drug-likeness (QED) is 0.507. The van der Waals surface area contributed by atoms with Gasteiger partial charge in [0.15, 0.2) is 0 Å². The predicted octanol–water partition coefficient (Wildman–Crippen LogP) is 0.0856. The van der Waals surface area contributed by atoms with Crippen molar-refractivity contribution >= 4 is 0 Å². The summed E-state index contributed by atoms with van der Waals surface area (Å²) in [6.07, 6.45) is 3.62. The molecular weight excluding hydrogens is 100 g/mol.